The van der Waals surface area contributed by atoms with Crippen molar-refractivity contribution >= 4 is 19.5 Å². The fraction of sp³-hybridized carbons (Fsp3) is 0.667. The number of anilines is 1. The number of amides is 1. The first-order valence-electron chi connectivity index (χ1n) is 14.8. The lowest BCUT2D eigenvalue weighted by atomic mass is 9.93. The maximum absolute atomic E-state index is 15.7. The maximum atomic E-state index is 15.7. The molecular formula is C27H39FN6O12P-. The van der Waals surface area contributed by atoms with E-state index >= 15 is 4.39 Å². The molecule has 0 radical (unpaired) electrons. The lowest BCUT2D eigenvalue weighted by Gasteiger charge is -2.30. The van der Waals surface area contributed by atoms with Gasteiger partial charge in [-0.3, -0.25) is 28.3 Å². The number of carbonyl (C=O) groups is 1. The summed E-state index contributed by atoms with van der Waals surface area (Å²) in [5.41, 5.74) is 3.18. The van der Waals surface area contributed by atoms with E-state index in [2.05, 4.69) is 10.3 Å². The number of nitrogens with two attached hydrogens (primary N) is 1. The Labute approximate surface area is 267 Å². The van der Waals surface area contributed by atoms with Crippen LogP contribution in [0, 0.1) is 5.92 Å². The molecule has 262 valence electrons. The van der Waals surface area contributed by atoms with Crippen LogP contribution < -0.4 is 32.9 Å². The van der Waals surface area contributed by atoms with Crippen LogP contribution in [0.3, 0.4) is 0 Å². The van der Waals surface area contributed by atoms with Gasteiger partial charge in [-0.1, -0.05) is 0 Å². The molecule has 20 heteroatoms. The number of hydrogen-bond acceptors (Lipinski definition) is 14. The average molecular weight is 690 g/mol. The second-order valence-corrected chi connectivity index (χ2v) is 12.9. The fourth-order valence-electron chi connectivity index (χ4n) is 5.38. The highest BCUT2D eigenvalue weighted by molar-refractivity contribution is 7.45. The molecule has 0 aromatic carbocycles. The van der Waals surface area contributed by atoms with Gasteiger partial charge in [0.2, 0.25) is 5.91 Å². The van der Waals surface area contributed by atoms with Crippen LogP contribution in [0.4, 0.5) is 10.2 Å². The zero-order valence-corrected chi connectivity index (χ0v) is 27.2. The second-order valence-electron chi connectivity index (χ2n) is 11.6. The Morgan fingerprint density at radius 3 is 2.40 bits per heavy atom. The van der Waals surface area contributed by atoms with Gasteiger partial charge in [0.15, 0.2) is 18.6 Å². The van der Waals surface area contributed by atoms with Gasteiger partial charge in [-0.15, -0.1) is 0 Å². The number of halogens is 1. The lowest BCUT2D eigenvalue weighted by molar-refractivity contribution is -0.235. The summed E-state index contributed by atoms with van der Waals surface area (Å²) in [6.07, 6.45) is -8.60. The van der Waals surface area contributed by atoms with Crippen LogP contribution >= 0.6 is 7.82 Å². The van der Waals surface area contributed by atoms with E-state index in [4.69, 9.17) is 33.7 Å². The number of phosphoric ester groups is 1. The number of rotatable bonds is 14. The fourth-order valence-corrected chi connectivity index (χ4v) is 6.50. The first kappa shape index (κ1) is 36.5. The molecule has 4 rings (SSSR count). The molecular weight excluding hydrogens is 650 g/mol. The number of aromatic nitrogens is 4. The standard InChI is InChI=1S/C27H40FN6O12P/c1-13(2)42-12-17-15(22(41-5)25(44-17)34-8-6-18(29)31-26(34)37)10-20(36)30-11-16-23(46-47(39,40)45-14(3)4)21(28)24(43-16)33-9-7-19(35)32-27(33)38/h6-9,13-17,21-25H,10-12H2,1-5H3,(H,30,36)(H,39,40)(H2,29,31,37)(H,32,35,38)/p-1/t15-,16?,17?,21-,22-,23-,24?,25?/m1/s1. The number of alkyl halides is 1. The highest BCUT2D eigenvalue weighted by atomic mass is 31.2. The molecule has 2 aromatic heterocycles. The van der Waals surface area contributed by atoms with Crippen molar-refractivity contribution in [3.8, 4) is 0 Å². The van der Waals surface area contributed by atoms with Gasteiger partial charge in [-0.25, -0.2) is 14.0 Å². The van der Waals surface area contributed by atoms with Crippen LogP contribution in [0.5, 0.6) is 0 Å². The van der Waals surface area contributed by atoms with Gasteiger partial charge >= 0.3 is 11.4 Å². The predicted molar refractivity (Wildman–Crippen MR) is 159 cm³/mol. The largest absolute Gasteiger partial charge is 0.756 e. The summed E-state index contributed by atoms with van der Waals surface area (Å²) < 4.78 is 63.2. The number of hydrogen-bond donors (Lipinski definition) is 3. The molecule has 2 aromatic rings. The van der Waals surface area contributed by atoms with Crippen LogP contribution in [0.2, 0.25) is 0 Å². The topological polar surface area (TPSA) is 240 Å². The quantitative estimate of drug-likeness (QED) is 0.209. The summed E-state index contributed by atoms with van der Waals surface area (Å²) >= 11 is 0. The highest BCUT2D eigenvalue weighted by Gasteiger charge is 2.50. The third kappa shape index (κ3) is 8.99. The number of nitrogen functional groups attached to an aromatic ring is 1. The van der Waals surface area contributed by atoms with Crippen molar-refractivity contribution in [2.24, 2.45) is 5.92 Å². The van der Waals surface area contributed by atoms with Crippen molar-refractivity contribution in [2.75, 3.05) is 26.0 Å². The molecule has 18 nitrogen and oxygen atoms in total. The van der Waals surface area contributed by atoms with E-state index in [-0.39, 0.29) is 24.9 Å². The van der Waals surface area contributed by atoms with Crippen molar-refractivity contribution in [1.29, 1.82) is 0 Å². The predicted octanol–water partition coefficient (Wildman–Crippen LogP) is -0.650. The number of phosphoric acid groups is 1. The molecule has 2 aliphatic rings. The minimum atomic E-state index is -5.08. The van der Waals surface area contributed by atoms with Crippen molar-refractivity contribution in [2.45, 2.75) is 89.4 Å². The van der Waals surface area contributed by atoms with Gasteiger partial charge in [0.25, 0.3) is 13.4 Å². The van der Waals surface area contributed by atoms with Gasteiger partial charge < -0.3 is 43.9 Å². The molecule has 0 aliphatic carbocycles. The first-order valence-corrected chi connectivity index (χ1v) is 16.3. The van der Waals surface area contributed by atoms with Gasteiger partial charge in [-0.05, 0) is 33.8 Å². The van der Waals surface area contributed by atoms with Crippen LogP contribution in [0.15, 0.2) is 38.9 Å². The summed E-state index contributed by atoms with van der Waals surface area (Å²) in [6, 6.07) is 2.37. The minimum absolute atomic E-state index is 0.0116. The Kier molecular flexibility index (Phi) is 11.9. The van der Waals surface area contributed by atoms with Gasteiger partial charge in [0.1, 0.15) is 24.1 Å². The smallest absolute Gasteiger partial charge is 0.351 e. The van der Waals surface area contributed by atoms with Gasteiger partial charge in [0.05, 0.1) is 24.9 Å². The number of H-pyrrole nitrogens is 1. The van der Waals surface area contributed by atoms with E-state index in [1.807, 2.05) is 18.8 Å². The molecule has 2 saturated heterocycles. The van der Waals surface area contributed by atoms with E-state index in [0.29, 0.717) is 0 Å². The third-order valence-corrected chi connectivity index (χ3v) is 8.57. The second kappa shape index (κ2) is 15.3. The molecule has 47 heavy (non-hydrogen) atoms. The molecule has 0 bridgehead atoms. The maximum Gasteiger partial charge on any atom is 0.351 e. The van der Waals surface area contributed by atoms with Crippen molar-refractivity contribution in [3.63, 3.8) is 0 Å². The van der Waals surface area contributed by atoms with Crippen molar-refractivity contribution in [1.82, 2.24) is 24.4 Å². The van der Waals surface area contributed by atoms with E-state index < -0.39 is 92.3 Å². The minimum Gasteiger partial charge on any atom is -0.756 e. The molecule has 4 heterocycles. The molecule has 2 fully saturated rings. The number of methoxy groups -OCH3 is 1. The number of ether oxygens (including phenoxy) is 4. The molecule has 2 aliphatic heterocycles. The van der Waals surface area contributed by atoms with Crippen LogP contribution in [0.1, 0.15) is 46.6 Å². The summed E-state index contributed by atoms with van der Waals surface area (Å²) in [6.45, 7) is 6.08. The molecule has 4 N–H and O–H groups in total. The van der Waals surface area contributed by atoms with Crippen molar-refractivity contribution in [3.05, 3.63) is 55.8 Å². The highest BCUT2D eigenvalue weighted by Crippen LogP contribution is 2.46. The summed E-state index contributed by atoms with van der Waals surface area (Å²) in [7, 11) is -3.69. The lowest BCUT2D eigenvalue weighted by Crippen LogP contribution is -2.42. The summed E-state index contributed by atoms with van der Waals surface area (Å²) in [4.78, 5) is 68.0. The SMILES string of the molecule is CO[C@H]1C(n2ccc(N)nc2=O)OC(COC(C)C)[C@H]1CC(=O)NCC1OC(n2ccc(=O)[nH]c2=O)[C@H](F)[C@@H]1OP(=O)([O-])OC(C)C. The molecule has 9 atom stereocenters. The zero-order valence-electron chi connectivity index (χ0n) is 26.3. The number of aromatic amines is 1. The summed E-state index contributed by atoms with van der Waals surface area (Å²) in [5, 5.41) is 2.59. The van der Waals surface area contributed by atoms with Crippen LogP contribution in [-0.2, 0) is 37.4 Å². The van der Waals surface area contributed by atoms with Crippen LogP contribution in [0.25, 0.3) is 0 Å². The normalized spacial score (nSPS) is 29.0. The van der Waals surface area contributed by atoms with E-state index in [1.54, 1.807) is 0 Å². The Balaban J connectivity index is 1.53. The third-order valence-electron chi connectivity index (χ3n) is 7.39. The number of nitrogens with one attached hydrogen (secondary N) is 2. The zero-order chi connectivity index (χ0) is 34.6. The van der Waals surface area contributed by atoms with E-state index in [9.17, 15) is 28.6 Å². The molecule has 5 unspecified atom stereocenters. The Bertz CT molecular complexity index is 1620. The van der Waals surface area contributed by atoms with Gasteiger partial charge in [0, 0.05) is 44.5 Å². The van der Waals surface area contributed by atoms with E-state index in [0.717, 1.165) is 16.8 Å². The molecule has 1 amide bonds. The van der Waals surface area contributed by atoms with Gasteiger partial charge in [-0.2, -0.15) is 4.98 Å². The molecule has 0 saturated carbocycles. The average Bonchev–Trinajstić information content (AvgIpc) is 3.46. The number of nitrogens with zero attached hydrogens (tertiary/aromatic N) is 3. The summed E-state index contributed by atoms with van der Waals surface area (Å²) in [5.74, 6) is -1.24. The van der Waals surface area contributed by atoms with E-state index in [1.165, 1.54) is 37.8 Å². The monoisotopic (exact) mass is 689 g/mol. The molecule has 0 spiro atoms. The Morgan fingerprint density at radius 1 is 1.11 bits per heavy atom. The van der Waals surface area contributed by atoms with Crippen LogP contribution in [-0.4, -0.2) is 88.1 Å². The Morgan fingerprint density at radius 2 is 1.79 bits per heavy atom. The Hall–Kier alpha value is -3.29. The van der Waals surface area contributed by atoms with Crippen molar-refractivity contribution < 1.29 is 46.6 Å². The first-order chi connectivity index (χ1) is 22.1. The number of carbonyl (C=O) groups excluding carboxylic acids is 1.